The van der Waals surface area contributed by atoms with E-state index in [1.54, 1.807) is 0 Å². The van der Waals surface area contributed by atoms with Crippen molar-refractivity contribution in [1.82, 2.24) is 10.2 Å². The van der Waals surface area contributed by atoms with Crippen LogP contribution >= 0.6 is 11.6 Å². The van der Waals surface area contributed by atoms with Gasteiger partial charge in [0, 0.05) is 5.92 Å². The molecular formula is C11H15ClN2O. The lowest BCUT2D eigenvalue weighted by molar-refractivity contribution is 0.442. The smallest absolute Gasteiger partial charge is 0.234 e. The average Bonchev–Trinajstić information content (AvgIpc) is 2.75. The topological polar surface area (TPSA) is 38.9 Å². The minimum atomic E-state index is -0.174. The molecule has 0 bridgehead atoms. The first-order valence-corrected chi connectivity index (χ1v) is 6.18. The Morgan fingerprint density at radius 2 is 1.93 bits per heavy atom. The Hall–Kier alpha value is -0.570. The fourth-order valence-corrected chi connectivity index (χ4v) is 2.99. The predicted molar refractivity (Wildman–Crippen MR) is 56.8 cm³/mol. The van der Waals surface area contributed by atoms with Crippen molar-refractivity contribution in [3.63, 3.8) is 0 Å². The van der Waals surface area contributed by atoms with Crippen molar-refractivity contribution in [2.45, 2.75) is 43.9 Å². The summed E-state index contributed by atoms with van der Waals surface area (Å²) in [5.41, 5.74) is 0. The third-order valence-corrected chi connectivity index (χ3v) is 3.92. The maximum Gasteiger partial charge on any atom is 0.234 e. The summed E-state index contributed by atoms with van der Waals surface area (Å²) in [7, 11) is 0. The van der Waals surface area contributed by atoms with Crippen LogP contribution in [-0.2, 0) is 0 Å². The third-order valence-electron chi connectivity index (χ3n) is 3.74. The molecule has 1 aromatic heterocycles. The first-order valence-electron chi connectivity index (χ1n) is 5.74. The standard InChI is InChI=1S/C11H15ClN2O/c1-6(12)10-13-14-11(15-10)9-7-4-2-3-5-8(7)9/h6-9H,2-5H2,1H3. The number of rotatable bonds is 2. The second-order valence-corrected chi connectivity index (χ2v) is 5.39. The van der Waals surface area contributed by atoms with Crippen molar-refractivity contribution in [2.24, 2.45) is 11.8 Å². The van der Waals surface area contributed by atoms with E-state index in [2.05, 4.69) is 10.2 Å². The second kappa shape index (κ2) is 3.48. The summed E-state index contributed by atoms with van der Waals surface area (Å²) in [6.45, 7) is 1.86. The van der Waals surface area contributed by atoms with Gasteiger partial charge in [0.2, 0.25) is 11.8 Å². The molecule has 2 aliphatic carbocycles. The second-order valence-electron chi connectivity index (χ2n) is 4.73. The molecule has 3 unspecified atom stereocenters. The van der Waals surface area contributed by atoms with Gasteiger partial charge in [0.05, 0.1) is 0 Å². The fourth-order valence-electron chi connectivity index (χ4n) is 2.90. The van der Waals surface area contributed by atoms with Gasteiger partial charge in [0.1, 0.15) is 5.38 Å². The van der Waals surface area contributed by atoms with Crippen LogP contribution < -0.4 is 0 Å². The number of aromatic nitrogens is 2. The molecule has 0 amide bonds. The highest BCUT2D eigenvalue weighted by atomic mass is 35.5. The number of alkyl halides is 1. The van der Waals surface area contributed by atoms with E-state index in [0.717, 1.165) is 17.7 Å². The minimum absolute atomic E-state index is 0.174. The Bertz CT molecular complexity index is 351. The number of halogens is 1. The van der Waals surface area contributed by atoms with E-state index in [0.29, 0.717) is 11.8 Å². The Labute approximate surface area is 94.2 Å². The molecule has 0 N–H and O–H groups in total. The van der Waals surface area contributed by atoms with Crippen LogP contribution in [0.1, 0.15) is 55.7 Å². The molecule has 3 atom stereocenters. The lowest BCUT2D eigenvalue weighted by Crippen LogP contribution is -1.91. The van der Waals surface area contributed by atoms with Crippen LogP contribution in [0.4, 0.5) is 0 Å². The summed E-state index contributed by atoms with van der Waals surface area (Å²) in [5.74, 6) is 3.57. The van der Waals surface area contributed by atoms with Crippen molar-refractivity contribution >= 4 is 11.6 Å². The van der Waals surface area contributed by atoms with E-state index in [9.17, 15) is 0 Å². The van der Waals surface area contributed by atoms with Crippen LogP contribution in [0.25, 0.3) is 0 Å². The zero-order valence-corrected chi connectivity index (χ0v) is 9.57. The Balaban J connectivity index is 1.77. The van der Waals surface area contributed by atoms with Crippen LogP contribution in [0.2, 0.25) is 0 Å². The maximum atomic E-state index is 5.90. The molecular weight excluding hydrogens is 212 g/mol. The van der Waals surface area contributed by atoms with Gasteiger partial charge in [-0.3, -0.25) is 0 Å². The van der Waals surface area contributed by atoms with Gasteiger partial charge >= 0.3 is 0 Å². The molecule has 3 nitrogen and oxygen atoms in total. The Kier molecular flexibility index (Phi) is 2.23. The highest BCUT2D eigenvalue weighted by Crippen LogP contribution is 2.60. The largest absolute Gasteiger partial charge is 0.423 e. The Morgan fingerprint density at radius 3 is 2.47 bits per heavy atom. The van der Waals surface area contributed by atoms with Crippen LogP contribution in [-0.4, -0.2) is 10.2 Å². The lowest BCUT2D eigenvalue weighted by Gasteiger charge is -2.04. The molecule has 2 saturated carbocycles. The van der Waals surface area contributed by atoms with Gasteiger partial charge in [-0.25, -0.2) is 0 Å². The van der Waals surface area contributed by atoms with Gasteiger partial charge in [-0.05, 0) is 31.6 Å². The normalized spacial score (nSPS) is 36.0. The number of hydrogen-bond donors (Lipinski definition) is 0. The van der Waals surface area contributed by atoms with Crippen LogP contribution in [0.5, 0.6) is 0 Å². The Morgan fingerprint density at radius 1 is 1.27 bits per heavy atom. The average molecular weight is 227 g/mol. The van der Waals surface area contributed by atoms with Gasteiger partial charge in [-0.1, -0.05) is 12.8 Å². The molecule has 1 aromatic rings. The molecule has 0 aliphatic heterocycles. The van der Waals surface area contributed by atoms with Crippen molar-refractivity contribution in [3.05, 3.63) is 11.8 Å². The fraction of sp³-hybridized carbons (Fsp3) is 0.818. The van der Waals surface area contributed by atoms with E-state index in [1.165, 1.54) is 25.7 Å². The zero-order chi connectivity index (χ0) is 10.4. The highest BCUT2D eigenvalue weighted by molar-refractivity contribution is 6.20. The quantitative estimate of drug-likeness (QED) is 0.727. The van der Waals surface area contributed by atoms with Crippen LogP contribution in [0.15, 0.2) is 4.42 Å². The number of nitrogens with zero attached hydrogens (tertiary/aromatic N) is 2. The summed E-state index contributed by atoms with van der Waals surface area (Å²) in [5, 5.41) is 7.93. The number of fused-ring (bicyclic) bond motifs is 1. The molecule has 4 heteroatoms. The molecule has 15 heavy (non-hydrogen) atoms. The summed E-state index contributed by atoms with van der Waals surface area (Å²) in [4.78, 5) is 0. The number of hydrogen-bond acceptors (Lipinski definition) is 3. The van der Waals surface area contributed by atoms with Crippen molar-refractivity contribution in [2.75, 3.05) is 0 Å². The van der Waals surface area contributed by atoms with Crippen LogP contribution in [0, 0.1) is 11.8 Å². The summed E-state index contributed by atoms with van der Waals surface area (Å²) < 4.78 is 5.61. The monoisotopic (exact) mass is 226 g/mol. The molecule has 1 heterocycles. The summed E-state index contributed by atoms with van der Waals surface area (Å²) >= 11 is 5.90. The predicted octanol–water partition coefficient (Wildman–Crippen LogP) is 3.27. The van der Waals surface area contributed by atoms with Crippen molar-refractivity contribution < 1.29 is 4.42 Å². The zero-order valence-electron chi connectivity index (χ0n) is 8.82. The molecule has 0 saturated heterocycles. The third kappa shape index (κ3) is 1.57. The molecule has 2 aliphatic rings. The van der Waals surface area contributed by atoms with E-state index in [-0.39, 0.29) is 5.38 Å². The van der Waals surface area contributed by atoms with Gasteiger partial charge in [0.15, 0.2) is 0 Å². The van der Waals surface area contributed by atoms with E-state index in [4.69, 9.17) is 16.0 Å². The molecule has 2 fully saturated rings. The molecule has 82 valence electrons. The summed E-state index contributed by atoms with van der Waals surface area (Å²) in [6.07, 6.45) is 5.40. The molecule has 0 radical (unpaired) electrons. The van der Waals surface area contributed by atoms with Crippen molar-refractivity contribution in [1.29, 1.82) is 0 Å². The molecule has 3 rings (SSSR count). The maximum absolute atomic E-state index is 5.90. The van der Waals surface area contributed by atoms with Gasteiger partial charge in [0.25, 0.3) is 0 Å². The first-order chi connectivity index (χ1) is 7.27. The first kappa shape index (κ1) is 9.64. The molecule has 0 aromatic carbocycles. The van der Waals surface area contributed by atoms with E-state index in [1.807, 2.05) is 6.92 Å². The van der Waals surface area contributed by atoms with Gasteiger partial charge in [-0.15, -0.1) is 21.8 Å². The van der Waals surface area contributed by atoms with E-state index < -0.39 is 0 Å². The van der Waals surface area contributed by atoms with Gasteiger partial charge in [-0.2, -0.15) is 0 Å². The SMILES string of the molecule is CC(Cl)c1nnc(C2C3CCCCC32)o1. The summed E-state index contributed by atoms with van der Waals surface area (Å²) in [6, 6.07) is 0. The van der Waals surface area contributed by atoms with Gasteiger partial charge < -0.3 is 4.42 Å². The van der Waals surface area contributed by atoms with E-state index >= 15 is 0 Å². The molecule has 0 spiro atoms. The highest BCUT2D eigenvalue weighted by Gasteiger charge is 2.54. The lowest BCUT2D eigenvalue weighted by atomic mass is 10.0. The van der Waals surface area contributed by atoms with Crippen LogP contribution in [0.3, 0.4) is 0 Å². The minimum Gasteiger partial charge on any atom is -0.423 e. The van der Waals surface area contributed by atoms with Crippen molar-refractivity contribution in [3.8, 4) is 0 Å².